The molecule has 0 unspecified atom stereocenters. The normalized spacial score (nSPS) is 14.2. The van der Waals surface area contributed by atoms with Gasteiger partial charge in [0.1, 0.15) is 17.2 Å². The Labute approximate surface area is 162 Å². The molecule has 2 aromatic rings. The first-order valence-corrected chi connectivity index (χ1v) is 9.65. The summed E-state index contributed by atoms with van der Waals surface area (Å²) in [5.41, 5.74) is 3.15. The topological polar surface area (TPSA) is 143 Å². The van der Waals surface area contributed by atoms with Crippen LogP contribution < -0.4 is 16.6 Å². The zero-order valence-corrected chi connectivity index (χ0v) is 16.1. The molecule has 1 heterocycles. The van der Waals surface area contributed by atoms with Gasteiger partial charge in [0.05, 0.1) is 5.69 Å². The maximum atomic E-state index is 14.1. The molecule has 0 radical (unpaired) electrons. The maximum absolute atomic E-state index is 14.1. The quantitative estimate of drug-likeness (QED) is 0.242. The minimum Gasteiger partial charge on any atom is -0.384 e. The summed E-state index contributed by atoms with van der Waals surface area (Å²) in [5.74, 6) is 4.18. The number of aliphatic hydroxyl groups excluding tert-OH is 1. The van der Waals surface area contributed by atoms with Gasteiger partial charge in [0.15, 0.2) is 5.82 Å². The molecule has 0 bridgehead atoms. The van der Waals surface area contributed by atoms with Crippen molar-refractivity contribution in [1.82, 2.24) is 15.4 Å². The van der Waals surface area contributed by atoms with Crippen molar-refractivity contribution in [2.24, 2.45) is 10.2 Å². The number of nitrogens with one attached hydrogen (secondary N) is 2. The molecule has 0 saturated carbocycles. The van der Waals surface area contributed by atoms with Crippen molar-refractivity contribution in [2.75, 3.05) is 5.32 Å². The van der Waals surface area contributed by atoms with Crippen LogP contribution >= 0.6 is 0 Å². The van der Waals surface area contributed by atoms with E-state index in [4.69, 9.17) is 5.84 Å². The van der Waals surface area contributed by atoms with Crippen molar-refractivity contribution in [1.29, 1.82) is 0 Å². The molecule has 11 heteroatoms. The third-order valence-corrected chi connectivity index (χ3v) is 5.48. The maximum Gasteiger partial charge on any atom is 0.262 e. The van der Waals surface area contributed by atoms with Crippen molar-refractivity contribution in [3.8, 4) is 0 Å². The third-order valence-electron chi connectivity index (χ3n) is 3.84. The van der Waals surface area contributed by atoms with E-state index >= 15 is 0 Å². The van der Waals surface area contributed by atoms with Crippen LogP contribution in [0.25, 0.3) is 6.08 Å². The van der Waals surface area contributed by atoms with Crippen LogP contribution in [0.3, 0.4) is 0 Å². The number of hydrogen-bond donors (Lipinski definition) is 4. The number of guanidine groups is 1. The van der Waals surface area contributed by atoms with E-state index in [1.165, 1.54) is 37.5 Å². The molecule has 2 atom stereocenters. The van der Waals surface area contributed by atoms with E-state index in [1.807, 2.05) is 0 Å². The SMILES string of the molecule is C=Cc1cccc(F)c1NC(=NS(=O)(=O)[C@@H](C)[C@@H](O)c1ncc(C)cn1)NN. The highest BCUT2D eigenvalue weighted by Crippen LogP contribution is 2.22. The standard InChI is InChI=1S/C17H21FN6O3S/c1-4-12-6-5-7-13(18)14(12)22-17(23-19)24-28(26,27)11(3)15(25)16-20-8-10(2)9-21-16/h4-9,11,15,25H,1,19H2,2-3H3,(H2,22,23,24)/t11-,15+/m0/s1. The Morgan fingerprint density at radius 2 is 2.04 bits per heavy atom. The second-order valence-corrected chi connectivity index (χ2v) is 7.86. The zero-order chi connectivity index (χ0) is 20.9. The second-order valence-electron chi connectivity index (χ2n) is 5.90. The Morgan fingerprint density at radius 3 is 2.61 bits per heavy atom. The minimum atomic E-state index is -4.28. The van der Waals surface area contributed by atoms with E-state index in [0.29, 0.717) is 5.56 Å². The van der Waals surface area contributed by atoms with Crippen LogP contribution in [0.15, 0.2) is 41.6 Å². The van der Waals surface area contributed by atoms with Crippen LogP contribution in [-0.2, 0) is 10.0 Å². The molecular formula is C17H21FN6O3S. The number of benzene rings is 1. The van der Waals surface area contributed by atoms with Crippen LogP contribution in [0.2, 0.25) is 0 Å². The Hall–Kier alpha value is -2.89. The Kier molecular flexibility index (Phi) is 6.78. The zero-order valence-electron chi connectivity index (χ0n) is 15.3. The molecule has 1 aromatic carbocycles. The van der Waals surface area contributed by atoms with Gasteiger partial charge in [-0.1, -0.05) is 24.8 Å². The monoisotopic (exact) mass is 408 g/mol. The van der Waals surface area contributed by atoms with Gasteiger partial charge >= 0.3 is 0 Å². The smallest absolute Gasteiger partial charge is 0.262 e. The van der Waals surface area contributed by atoms with E-state index in [2.05, 4.69) is 31.7 Å². The van der Waals surface area contributed by atoms with Gasteiger partial charge in [-0.05, 0) is 25.5 Å². The molecular weight excluding hydrogens is 387 g/mol. The Balaban J connectivity index is 2.31. The number of rotatable bonds is 6. The van der Waals surface area contributed by atoms with Crippen molar-refractivity contribution in [3.63, 3.8) is 0 Å². The van der Waals surface area contributed by atoms with Crippen LogP contribution in [0.1, 0.15) is 30.0 Å². The first kappa shape index (κ1) is 21.4. The first-order valence-electron chi connectivity index (χ1n) is 8.14. The summed E-state index contributed by atoms with van der Waals surface area (Å²) in [6.45, 7) is 6.57. The number of para-hydroxylation sites is 1. The number of aliphatic hydroxyl groups is 1. The van der Waals surface area contributed by atoms with Gasteiger partial charge in [0.25, 0.3) is 10.0 Å². The van der Waals surface area contributed by atoms with Gasteiger partial charge in [-0.15, -0.1) is 4.40 Å². The summed E-state index contributed by atoms with van der Waals surface area (Å²) in [6.07, 6.45) is 2.77. The molecule has 0 amide bonds. The fourth-order valence-electron chi connectivity index (χ4n) is 2.18. The molecule has 0 aliphatic rings. The van der Waals surface area contributed by atoms with Gasteiger partial charge in [0, 0.05) is 18.0 Å². The minimum absolute atomic E-state index is 0.0560. The average molecular weight is 408 g/mol. The largest absolute Gasteiger partial charge is 0.384 e. The fraction of sp³-hybridized carbons (Fsp3) is 0.235. The van der Waals surface area contributed by atoms with E-state index in [-0.39, 0.29) is 11.5 Å². The lowest BCUT2D eigenvalue weighted by Gasteiger charge is -2.17. The van der Waals surface area contributed by atoms with Crippen LogP contribution in [-0.4, -0.2) is 34.7 Å². The lowest BCUT2D eigenvalue weighted by Crippen LogP contribution is -2.38. The number of nitrogens with zero attached hydrogens (tertiary/aromatic N) is 3. The molecule has 0 aliphatic heterocycles. The van der Waals surface area contributed by atoms with E-state index < -0.39 is 33.2 Å². The summed E-state index contributed by atoms with van der Waals surface area (Å²) >= 11 is 0. The molecule has 0 fully saturated rings. The third kappa shape index (κ3) is 4.88. The van der Waals surface area contributed by atoms with Crippen molar-refractivity contribution < 1.29 is 17.9 Å². The number of nitrogens with two attached hydrogens (primary N) is 1. The van der Waals surface area contributed by atoms with Crippen LogP contribution in [0, 0.1) is 12.7 Å². The molecule has 9 nitrogen and oxygen atoms in total. The summed E-state index contributed by atoms with van der Waals surface area (Å²) in [7, 11) is -4.28. The number of halogens is 1. The molecule has 5 N–H and O–H groups in total. The number of sulfonamides is 1. The van der Waals surface area contributed by atoms with Gasteiger partial charge < -0.3 is 10.4 Å². The summed E-state index contributed by atoms with van der Waals surface area (Å²) in [5, 5.41) is 11.4. The van der Waals surface area contributed by atoms with Crippen LogP contribution in [0.4, 0.5) is 10.1 Å². The van der Waals surface area contributed by atoms with E-state index in [9.17, 15) is 17.9 Å². The lowest BCUT2D eigenvalue weighted by atomic mass is 10.1. The van der Waals surface area contributed by atoms with Gasteiger partial charge in [-0.3, -0.25) is 5.43 Å². The first-order chi connectivity index (χ1) is 13.2. The molecule has 0 spiro atoms. The molecule has 0 saturated heterocycles. The Morgan fingerprint density at radius 1 is 1.39 bits per heavy atom. The fourth-order valence-corrected chi connectivity index (χ4v) is 3.15. The molecule has 0 aliphatic carbocycles. The lowest BCUT2D eigenvalue weighted by molar-refractivity contribution is 0.166. The van der Waals surface area contributed by atoms with E-state index in [0.717, 1.165) is 5.56 Å². The molecule has 2 rings (SSSR count). The van der Waals surface area contributed by atoms with Crippen molar-refractivity contribution >= 4 is 27.7 Å². The van der Waals surface area contributed by atoms with Gasteiger partial charge in [0.2, 0.25) is 5.96 Å². The highest BCUT2D eigenvalue weighted by molar-refractivity contribution is 7.90. The van der Waals surface area contributed by atoms with Gasteiger partial charge in [-0.2, -0.15) is 0 Å². The summed E-state index contributed by atoms with van der Waals surface area (Å²) in [4.78, 5) is 7.85. The van der Waals surface area contributed by atoms with Crippen molar-refractivity contribution in [2.45, 2.75) is 25.2 Å². The molecule has 28 heavy (non-hydrogen) atoms. The predicted octanol–water partition coefficient (Wildman–Crippen LogP) is 1.25. The number of aryl methyl sites for hydroxylation is 1. The number of anilines is 1. The van der Waals surface area contributed by atoms with Gasteiger partial charge in [-0.25, -0.2) is 28.6 Å². The molecule has 150 valence electrons. The summed E-state index contributed by atoms with van der Waals surface area (Å²) < 4.78 is 42.7. The predicted molar refractivity (Wildman–Crippen MR) is 105 cm³/mol. The van der Waals surface area contributed by atoms with E-state index in [1.54, 1.807) is 13.0 Å². The number of hydrogen-bond acceptors (Lipinski definition) is 6. The highest BCUT2D eigenvalue weighted by atomic mass is 32.2. The van der Waals surface area contributed by atoms with Crippen molar-refractivity contribution in [3.05, 3.63) is 59.9 Å². The number of aromatic nitrogens is 2. The average Bonchev–Trinajstić information content (AvgIpc) is 2.68. The Bertz CT molecular complexity index is 979. The second kappa shape index (κ2) is 8.87. The summed E-state index contributed by atoms with van der Waals surface area (Å²) in [6, 6.07) is 4.22. The van der Waals surface area contributed by atoms with Crippen LogP contribution in [0.5, 0.6) is 0 Å². The highest BCUT2D eigenvalue weighted by Gasteiger charge is 2.31. The number of hydrazine groups is 1. The molecule has 1 aromatic heterocycles.